The normalized spacial score (nSPS) is 9.83. The maximum atomic E-state index is 8.88. The number of phosphoric acid groups is 1. The van der Waals surface area contributed by atoms with E-state index < -0.39 is 7.82 Å². The molecule has 0 amide bonds. The molecule has 0 atom stereocenters. The van der Waals surface area contributed by atoms with Crippen molar-refractivity contribution in [2.75, 3.05) is 0 Å². The van der Waals surface area contributed by atoms with Crippen LogP contribution in [0.1, 0.15) is 0 Å². The van der Waals surface area contributed by atoms with Gasteiger partial charge in [-0.05, 0) is 0 Å². The molecule has 39 valence electrons. The third kappa shape index (κ3) is 114. The monoisotopic (exact) mass is 285 g/mol. The topological polar surface area (TPSA) is 77.8 Å². The summed E-state index contributed by atoms with van der Waals surface area (Å²) < 4.78 is 8.88. The maximum Gasteiger partial charge on any atom is 0.466 e. The predicted octanol–water partition coefficient (Wildman–Crippen LogP) is -0.931. The van der Waals surface area contributed by atoms with E-state index in [1.807, 2.05) is 0 Å². The molecule has 0 fully saturated rings. The van der Waals surface area contributed by atoms with Crippen molar-refractivity contribution in [1.29, 1.82) is 0 Å². The zero-order valence-corrected chi connectivity index (χ0v) is 6.19. The Morgan fingerprint density at radius 2 is 1.17 bits per heavy atom. The molecule has 0 aromatic rings. The molecule has 3 N–H and O–H groups in total. The van der Waals surface area contributed by atoms with E-state index in [2.05, 4.69) is 0 Å². The minimum Gasteiger partial charge on any atom is -0.303 e. The van der Waals surface area contributed by atoms with E-state index in [0.717, 1.165) is 0 Å². The van der Waals surface area contributed by atoms with Gasteiger partial charge >= 0.3 is 7.82 Å². The molecule has 0 spiro atoms. The number of hydrogen-bond donors (Lipinski definition) is 3. The summed E-state index contributed by atoms with van der Waals surface area (Å²) in [5.74, 6) is 0. The van der Waals surface area contributed by atoms with Crippen LogP contribution < -0.4 is 0 Å². The van der Waals surface area contributed by atoms with Crippen LogP contribution in [-0.2, 0) is 25.0 Å². The van der Waals surface area contributed by atoms with Crippen molar-refractivity contribution in [3.05, 3.63) is 0 Å². The van der Waals surface area contributed by atoms with Gasteiger partial charge < -0.3 is 14.7 Å². The molecule has 0 aliphatic rings. The fourth-order valence-electron chi connectivity index (χ4n) is 0. The molecular formula is H3O4PRe. The molecule has 0 aliphatic carbocycles. The molecule has 0 bridgehead atoms. The molecule has 1 radical (unpaired) electrons. The third-order valence-corrected chi connectivity index (χ3v) is 0. The van der Waals surface area contributed by atoms with Crippen molar-refractivity contribution in [3.63, 3.8) is 0 Å². The standard InChI is InChI=1S/H3O4P.Re/c1-5(2,3)4;/h(H3,1,2,3,4);. The van der Waals surface area contributed by atoms with Gasteiger partial charge in [0.25, 0.3) is 0 Å². The maximum absolute atomic E-state index is 8.88. The average Bonchev–Trinajstić information content (AvgIpc) is 0.722. The summed E-state index contributed by atoms with van der Waals surface area (Å²) in [7, 11) is -4.64. The fourth-order valence-corrected chi connectivity index (χ4v) is 0. The van der Waals surface area contributed by atoms with Crippen LogP contribution in [-0.4, -0.2) is 14.7 Å². The van der Waals surface area contributed by atoms with Gasteiger partial charge in [0.1, 0.15) is 0 Å². The Morgan fingerprint density at radius 1 is 1.17 bits per heavy atom. The van der Waals surface area contributed by atoms with Gasteiger partial charge in [0, 0.05) is 20.4 Å². The second kappa shape index (κ2) is 2.87. The first-order valence-electron chi connectivity index (χ1n) is 0.783. The van der Waals surface area contributed by atoms with Crippen LogP contribution in [0, 0.1) is 0 Å². The van der Waals surface area contributed by atoms with Crippen molar-refractivity contribution in [1.82, 2.24) is 0 Å². The molecule has 0 saturated carbocycles. The molecular weight excluding hydrogens is 281 g/mol. The minimum atomic E-state index is -4.64. The molecule has 4 nitrogen and oxygen atoms in total. The van der Waals surface area contributed by atoms with E-state index in [1.165, 1.54) is 0 Å². The van der Waals surface area contributed by atoms with Crippen LogP contribution in [0.15, 0.2) is 0 Å². The Morgan fingerprint density at radius 3 is 1.17 bits per heavy atom. The van der Waals surface area contributed by atoms with Crippen LogP contribution in [0.4, 0.5) is 0 Å². The molecule has 0 aliphatic heterocycles. The second-order valence-electron chi connectivity index (χ2n) is 0.513. The van der Waals surface area contributed by atoms with Gasteiger partial charge in [-0.2, -0.15) is 0 Å². The smallest absolute Gasteiger partial charge is 0.303 e. The van der Waals surface area contributed by atoms with Gasteiger partial charge in [0.05, 0.1) is 0 Å². The van der Waals surface area contributed by atoms with Gasteiger partial charge in [-0.3, -0.25) is 0 Å². The van der Waals surface area contributed by atoms with Crippen LogP contribution in [0.5, 0.6) is 0 Å². The zero-order valence-electron chi connectivity index (χ0n) is 2.58. The van der Waals surface area contributed by atoms with E-state index in [4.69, 9.17) is 19.2 Å². The Labute approximate surface area is 48.1 Å². The van der Waals surface area contributed by atoms with E-state index >= 15 is 0 Å². The van der Waals surface area contributed by atoms with E-state index in [9.17, 15) is 0 Å². The second-order valence-corrected chi connectivity index (χ2v) is 1.54. The molecule has 6 heavy (non-hydrogen) atoms. The zero-order chi connectivity index (χ0) is 4.50. The van der Waals surface area contributed by atoms with Crippen LogP contribution >= 0.6 is 7.82 Å². The van der Waals surface area contributed by atoms with Crippen molar-refractivity contribution >= 4 is 7.82 Å². The first kappa shape index (κ1) is 9.91. The Hall–Kier alpha value is 0.772. The van der Waals surface area contributed by atoms with Gasteiger partial charge in [0.2, 0.25) is 0 Å². The van der Waals surface area contributed by atoms with Gasteiger partial charge in [-0.15, -0.1) is 0 Å². The van der Waals surface area contributed by atoms with Crippen LogP contribution in [0.3, 0.4) is 0 Å². The quantitative estimate of drug-likeness (QED) is 0.502. The summed E-state index contributed by atoms with van der Waals surface area (Å²) in [4.78, 5) is 21.6. The minimum absolute atomic E-state index is 0. The molecule has 0 saturated heterocycles. The van der Waals surface area contributed by atoms with Crippen molar-refractivity contribution in [2.45, 2.75) is 0 Å². The van der Waals surface area contributed by atoms with E-state index in [1.54, 1.807) is 0 Å². The van der Waals surface area contributed by atoms with Crippen LogP contribution in [0.2, 0.25) is 0 Å². The van der Waals surface area contributed by atoms with E-state index in [0.29, 0.717) is 0 Å². The predicted molar refractivity (Wildman–Crippen MR) is 14.3 cm³/mol. The number of hydrogen-bond acceptors (Lipinski definition) is 1. The molecule has 6 heteroatoms. The van der Waals surface area contributed by atoms with Gasteiger partial charge in [0.15, 0.2) is 0 Å². The Bertz CT molecular complexity index is 53.7. The van der Waals surface area contributed by atoms with Crippen molar-refractivity contribution < 1.29 is 39.7 Å². The fraction of sp³-hybridized carbons (Fsp3) is 0. The van der Waals surface area contributed by atoms with Crippen molar-refractivity contribution in [2.24, 2.45) is 0 Å². The third-order valence-electron chi connectivity index (χ3n) is 0. The summed E-state index contributed by atoms with van der Waals surface area (Å²) >= 11 is 0. The van der Waals surface area contributed by atoms with Gasteiger partial charge in [-0.25, -0.2) is 4.57 Å². The number of rotatable bonds is 0. The summed E-state index contributed by atoms with van der Waals surface area (Å²) in [5, 5.41) is 0. The SMILES string of the molecule is O=P(O)(O)O.[Re]. The molecule has 0 aromatic heterocycles. The average molecular weight is 284 g/mol. The summed E-state index contributed by atoms with van der Waals surface area (Å²) in [6.45, 7) is 0. The molecule has 0 heterocycles. The van der Waals surface area contributed by atoms with E-state index in [-0.39, 0.29) is 20.4 Å². The largest absolute Gasteiger partial charge is 0.466 e. The Kier molecular flexibility index (Phi) is 4.73. The molecule has 0 unspecified atom stereocenters. The Balaban J connectivity index is 0. The summed E-state index contributed by atoms with van der Waals surface area (Å²) in [6, 6.07) is 0. The summed E-state index contributed by atoms with van der Waals surface area (Å²) in [5.41, 5.74) is 0. The van der Waals surface area contributed by atoms with Crippen LogP contribution in [0.25, 0.3) is 0 Å². The first-order valence-corrected chi connectivity index (χ1v) is 2.35. The van der Waals surface area contributed by atoms with Crippen molar-refractivity contribution in [3.8, 4) is 0 Å². The van der Waals surface area contributed by atoms with Gasteiger partial charge in [-0.1, -0.05) is 0 Å². The first-order chi connectivity index (χ1) is 2.00. The molecule has 0 rings (SSSR count). The summed E-state index contributed by atoms with van der Waals surface area (Å²) in [6.07, 6.45) is 0. The molecule has 0 aromatic carbocycles.